The average molecular weight is 581 g/mol. The molecule has 0 heterocycles. The van der Waals surface area contributed by atoms with E-state index < -0.39 is 20.0 Å². The highest BCUT2D eigenvalue weighted by Gasteiger charge is 2.36. The quantitative estimate of drug-likeness (QED) is 0.410. The fraction of sp³-hybridized carbons (Fsp3) is 0.571. The molecule has 4 rings (SSSR count). The Balaban J connectivity index is 1.68. The molecule has 0 radical (unpaired) electrons. The maximum absolute atomic E-state index is 14.1. The van der Waals surface area contributed by atoms with Gasteiger partial charge in [-0.05, 0) is 73.6 Å². The van der Waals surface area contributed by atoms with Crippen molar-refractivity contribution < 1.29 is 31.0 Å². The van der Waals surface area contributed by atoms with Gasteiger partial charge in [-0.15, -0.1) is 0 Å². The molecule has 2 atom stereocenters. The highest BCUT2D eigenvalue weighted by atomic mass is 32.2. The summed E-state index contributed by atoms with van der Waals surface area (Å²) >= 11 is 0. The first-order chi connectivity index (χ1) is 18.6. The van der Waals surface area contributed by atoms with E-state index in [1.165, 1.54) is 45.6 Å². The minimum atomic E-state index is -3.97. The minimum Gasteiger partial charge on any atom is -0.493 e. The zero-order chi connectivity index (χ0) is 28.2. The molecule has 2 aliphatic rings. The number of nitrogens with one attached hydrogen (secondary N) is 1. The lowest BCUT2D eigenvalue weighted by Gasteiger charge is -2.38. The van der Waals surface area contributed by atoms with Gasteiger partial charge in [-0.3, -0.25) is 0 Å². The van der Waals surface area contributed by atoms with Gasteiger partial charge < -0.3 is 14.2 Å². The van der Waals surface area contributed by atoms with Crippen molar-refractivity contribution in [1.29, 1.82) is 0 Å². The fourth-order valence-electron chi connectivity index (χ4n) is 5.77. The molecule has 0 unspecified atom stereocenters. The molecule has 2 fully saturated rings. The van der Waals surface area contributed by atoms with Crippen LogP contribution in [0, 0.1) is 5.92 Å². The number of nitrogens with zero attached hydrogens (tertiary/aromatic N) is 1. The first-order valence-electron chi connectivity index (χ1n) is 13.5. The molecule has 0 spiro atoms. The zero-order valence-corrected chi connectivity index (χ0v) is 24.8. The molecule has 2 saturated carbocycles. The number of benzene rings is 2. The van der Waals surface area contributed by atoms with Crippen LogP contribution in [0.15, 0.2) is 46.2 Å². The van der Waals surface area contributed by atoms with Gasteiger partial charge in [-0.1, -0.05) is 32.6 Å². The first kappa shape index (κ1) is 29.6. The molecule has 0 aromatic heterocycles. The van der Waals surface area contributed by atoms with Gasteiger partial charge in [0.15, 0.2) is 11.5 Å². The minimum absolute atomic E-state index is 0.0625. The summed E-state index contributed by atoms with van der Waals surface area (Å²) < 4.78 is 74.7. The van der Waals surface area contributed by atoms with Crippen molar-refractivity contribution in [2.75, 3.05) is 21.3 Å². The van der Waals surface area contributed by atoms with Crippen LogP contribution < -0.4 is 18.9 Å². The second-order valence-corrected chi connectivity index (χ2v) is 14.1. The topological polar surface area (TPSA) is 111 Å². The van der Waals surface area contributed by atoms with Crippen LogP contribution in [0.2, 0.25) is 0 Å². The maximum Gasteiger partial charge on any atom is 0.243 e. The van der Waals surface area contributed by atoms with Crippen molar-refractivity contribution in [2.24, 2.45) is 5.92 Å². The van der Waals surface area contributed by atoms with Crippen LogP contribution in [-0.2, 0) is 26.6 Å². The van der Waals surface area contributed by atoms with Crippen LogP contribution in [0.5, 0.6) is 17.2 Å². The third-order valence-corrected chi connectivity index (χ3v) is 11.3. The average Bonchev–Trinajstić information content (AvgIpc) is 3.44. The normalized spacial score (nSPS) is 20.7. The summed E-state index contributed by atoms with van der Waals surface area (Å²) in [5.74, 6) is 1.51. The molecule has 11 heteroatoms. The highest BCUT2D eigenvalue weighted by Crippen LogP contribution is 2.40. The lowest BCUT2D eigenvalue weighted by molar-refractivity contribution is 0.185. The summed E-state index contributed by atoms with van der Waals surface area (Å²) in [5.41, 5.74) is 0.700. The number of hydrogen-bond acceptors (Lipinski definition) is 7. The Kier molecular flexibility index (Phi) is 9.46. The van der Waals surface area contributed by atoms with Gasteiger partial charge in [0.05, 0.1) is 31.1 Å². The molecule has 39 heavy (non-hydrogen) atoms. The highest BCUT2D eigenvalue weighted by molar-refractivity contribution is 7.89. The zero-order valence-electron chi connectivity index (χ0n) is 23.2. The third-order valence-electron chi connectivity index (χ3n) is 7.92. The van der Waals surface area contributed by atoms with Crippen LogP contribution in [0.25, 0.3) is 0 Å². The van der Waals surface area contributed by atoms with Crippen LogP contribution >= 0.6 is 0 Å². The Hall–Kier alpha value is -2.34. The van der Waals surface area contributed by atoms with E-state index in [4.69, 9.17) is 14.2 Å². The SMILES string of the molecule is COc1cc(CN([C@@H]2CCCC[C@H]2C)S(=O)(=O)c2ccc(S(=O)(=O)NC3CCCC3)cc2)cc(OC)c1OC. The summed E-state index contributed by atoms with van der Waals surface area (Å²) in [6.45, 7) is 2.20. The lowest BCUT2D eigenvalue weighted by atomic mass is 9.86. The van der Waals surface area contributed by atoms with Gasteiger partial charge >= 0.3 is 0 Å². The van der Waals surface area contributed by atoms with Crippen LogP contribution in [0.4, 0.5) is 0 Å². The molecular weight excluding hydrogens is 540 g/mol. The van der Waals surface area contributed by atoms with Gasteiger partial charge in [0.2, 0.25) is 25.8 Å². The van der Waals surface area contributed by atoms with E-state index in [9.17, 15) is 16.8 Å². The molecule has 1 N–H and O–H groups in total. The summed E-state index contributed by atoms with van der Waals surface area (Å²) in [7, 11) is -3.12. The molecule has 9 nitrogen and oxygen atoms in total. The van der Waals surface area contributed by atoms with E-state index in [1.54, 1.807) is 16.4 Å². The molecule has 216 valence electrons. The molecule has 0 bridgehead atoms. The molecule has 2 aromatic rings. The lowest BCUT2D eigenvalue weighted by Crippen LogP contribution is -2.44. The fourth-order valence-corrected chi connectivity index (χ4v) is 8.81. The number of ether oxygens (including phenoxy) is 3. The van der Waals surface area contributed by atoms with Gasteiger partial charge in [0.25, 0.3) is 0 Å². The van der Waals surface area contributed by atoms with E-state index in [-0.39, 0.29) is 34.3 Å². The smallest absolute Gasteiger partial charge is 0.243 e. The summed E-state index contributed by atoms with van der Waals surface area (Å²) in [6, 6.07) is 8.82. The molecule has 2 aromatic carbocycles. The van der Waals surface area contributed by atoms with Crippen LogP contribution in [-0.4, -0.2) is 54.6 Å². The third kappa shape index (κ3) is 6.53. The van der Waals surface area contributed by atoms with E-state index in [2.05, 4.69) is 11.6 Å². The van der Waals surface area contributed by atoms with Crippen molar-refractivity contribution in [2.45, 2.75) is 86.7 Å². The summed E-state index contributed by atoms with van der Waals surface area (Å²) in [6.07, 6.45) is 7.36. The van der Waals surface area contributed by atoms with E-state index >= 15 is 0 Å². The van der Waals surface area contributed by atoms with Crippen molar-refractivity contribution in [1.82, 2.24) is 9.03 Å². The Morgan fingerprint density at radius 1 is 0.795 bits per heavy atom. The van der Waals surface area contributed by atoms with Crippen LogP contribution in [0.1, 0.15) is 63.9 Å². The van der Waals surface area contributed by atoms with E-state index in [0.29, 0.717) is 22.8 Å². The Bertz CT molecular complexity index is 1310. The number of methoxy groups -OCH3 is 3. The standard InChI is InChI=1S/C28H40N2O7S2/c1-20-9-5-8-12-25(20)30(19-21-17-26(35-2)28(37-4)27(18-21)36-3)39(33,34)24-15-13-23(14-16-24)38(31,32)29-22-10-6-7-11-22/h13-18,20,22,25,29H,5-12,19H2,1-4H3/t20-,25-/m1/s1. The molecule has 0 amide bonds. The molecule has 0 aliphatic heterocycles. The van der Waals surface area contributed by atoms with Crippen molar-refractivity contribution in [3.63, 3.8) is 0 Å². The van der Waals surface area contributed by atoms with Crippen molar-refractivity contribution in [3.05, 3.63) is 42.0 Å². The van der Waals surface area contributed by atoms with Crippen molar-refractivity contribution in [3.8, 4) is 17.2 Å². The number of hydrogen-bond donors (Lipinski definition) is 1. The van der Waals surface area contributed by atoms with Gasteiger partial charge in [0.1, 0.15) is 0 Å². The summed E-state index contributed by atoms with van der Waals surface area (Å²) in [5, 5.41) is 0. The Labute approximate surface area is 232 Å². The summed E-state index contributed by atoms with van der Waals surface area (Å²) in [4.78, 5) is 0.128. The van der Waals surface area contributed by atoms with E-state index in [0.717, 1.165) is 51.4 Å². The van der Waals surface area contributed by atoms with Crippen LogP contribution in [0.3, 0.4) is 0 Å². The maximum atomic E-state index is 14.1. The Morgan fingerprint density at radius 3 is 1.87 bits per heavy atom. The predicted octanol–water partition coefficient (Wildman–Crippen LogP) is 4.70. The number of rotatable bonds is 11. The predicted molar refractivity (Wildman–Crippen MR) is 149 cm³/mol. The first-order valence-corrected chi connectivity index (χ1v) is 16.5. The molecular formula is C28H40N2O7S2. The van der Waals surface area contributed by atoms with Gasteiger partial charge in [-0.25, -0.2) is 21.6 Å². The second-order valence-electron chi connectivity index (χ2n) is 10.5. The second kappa shape index (κ2) is 12.4. The van der Waals surface area contributed by atoms with Gasteiger partial charge in [-0.2, -0.15) is 4.31 Å². The monoisotopic (exact) mass is 580 g/mol. The molecule has 2 aliphatic carbocycles. The number of sulfonamides is 2. The van der Waals surface area contributed by atoms with E-state index in [1.807, 2.05) is 0 Å². The molecule has 0 saturated heterocycles. The van der Waals surface area contributed by atoms with Gasteiger partial charge in [0, 0.05) is 18.6 Å². The Morgan fingerprint density at radius 2 is 1.33 bits per heavy atom. The van der Waals surface area contributed by atoms with Crippen molar-refractivity contribution >= 4 is 20.0 Å². The largest absolute Gasteiger partial charge is 0.493 e.